The number of rotatable bonds is 12. The van der Waals surface area contributed by atoms with Crippen molar-refractivity contribution in [3.8, 4) is 0 Å². The second kappa shape index (κ2) is 12.0. The van der Waals surface area contributed by atoms with Crippen LogP contribution in [-0.2, 0) is 58.9 Å². The van der Waals surface area contributed by atoms with Crippen molar-refractivity contribution in [3.05, 3.63) is 0 Å². The summed E-state index contributed by atoms with van der Waals surface area (Å²) in [5, 5.41) is 0. The molecule has 9 unspecified atom stereocenters. The minimum atomic E-state index is -4.07. The lowest BCUT2D eigenvalue weighted by atomic mass is 11.8. The van der Waals surface area contributed by atoms with Crippen LogP contribution in [0.3, 0.4) is 0 Å². The molecule has 2 fully saturated rings. The third-order valence-corrected chi connectivity index (χ3v) is 38.0. The van der Waals surface area contributed by atoms with Gasteiger partial charge in [0.1, 0.15) is 0 Å². The summed E-state index contributed by atoms with van der Waals surface area (Å²) >= 11 is 0. The average Bonchev–Trinajstić information content (AvgIpc) is 2.68. The Kier molecular flexibility index (Phi) is 11.2. The third kappa shape index (κ3) is 10.2. The predicted octanol–water partition coefficient (Wildman–Crippen LogP) is -0.140. The molecule has 2 bridgehead atoms. The van der Waals surface area contributed by atoms with Crippen LogP contribution in [0, 0.1) is 0 Å². The van der Waals surface area contributed by atoms with Crippen molar-refractivity contribution >= 4 is 79.2 Å². The van der Waals surface area contributed by atoms with E-state index in [0.717, 1.165) is 0 Å². The highest BCUT2D eigenvalue weighted by Gasteiger charge is 2.71. The van der Waals surface area contributed by atoms with Crippen LogP contribution in [0.2, 0.25) is 58.9 Å². The number of hydrogen-bond donors (Lipinski definition) is 3. The van der Waals surface area contributed by atoms with Crippen molar-refractivity contribution in [2.45, 2.75) is 58.9 Å². The molecule has 0 aromatic carbocycles. The van der Waals surface area contributed by atoms with Crippen LogP contribution in [0.4, 0.5) is 0 Å². The van der Waals surface area contributed by atoms with Crippen LogP contribution in [-0.4, -0.2) is 122 Å². The third-order valence-electron chi connectivity index (χ3n) is 5.22. The Morgan fingerprint density at radius 3 is 1.18 bits per heavy atom. The monoisotopic (exact) mass is 722 g/mol. The first kappa shape index (κ1) is 36.5. The van der Waals surface area contributed by atoms with Gasteiger partial charge in [0.05, 0.1) is 0 Å². The van der Waals surface area contributed by atoms with E-state index < -0.39 is 79.2 Å². The maximum Gasteiger partial charge on any atom is 0.487 e. The fourth-order valence-corrected chi connectivity index (χ4v) is 41.3. The van der Waals surface area contributed by atoms with Crippen molar-refractivity contribution in [2.24, 2.45) is 0 Å². The number of fused-ring (bicyclic) bond motifs is 2. The van der Waals surface area contributed by atoms with E-state index in [1.54, 1.807) is 26.2 Å². The lowest BCUT2D eigenvalue weighted by molar-refractivity contribution is 0.0237. The summed E-state index contributed by atoms with van der Waals surface area (Å²) in [6, 6.07) is 0. The Hall–Kier alpha value is 1.27. The molecule has 0 radical (unpaired) electrons. The van der Waals surface area contributed by atoms with Gasteiger partial charge in [0.25, 0.3) is 0 Å². The molecular formula is C13H42O17Si9. The topological polar surface area (TPSA) is 190 Å². The highest BCUT2D eigenvalue weighted by Crippen LogP contribution is 2.40. The second-order valence-corrected chi connectivity index (χ2v) is 35.2. The molecule has 2 aliphatic heterocycles. The SMILES string of the molecule is CO[Si](C)(O)O[Si](C)(OC)O[Si]1(C)O[Si](C)(O)O[Si]2(C)O[Si](C)(O[Si](C)(OC)O[Si](C)(O)OC)O[Si](C)(O1)O2. The molecule has 2 saturated heterocycles. The normalized spacial score (nSPS) is 41.8. The molecule has 3 N–H and O–H groups in total. The van der Waals surface area contributed by atoms with Crippen molar-refractivity contribution in [2.75, 3.05) is 28.4 Å². The summed E-state index contributed by atoms with van der Waals surface area (Å²) < 4.78 is 82.3. The Morgan fingerprint density at radius 2 is 0.846 bits per heavy atom. The van der Waals surface area contributed by atoms with Gasteiger partial charge >= 0.3 is 79.2 Å². The van der Waals surface area contributed by atoms with Gasteiger partial charge in [0, 0.05) is 87.4 Å². The first-order chi connectivity index (χ1) is 17.3. The van der Waals surface area contributed by atoms with Crippen molar-refractivity contribution in [3.63, 3.8) is 0 Å². The van der Waals surface area contributed by atoms with E-state index in [1.807, 2.05) is 0 Å². The molecule has 0 saturated carbocycles. The highest BCUT2D eigenvalue weighted by molar-refractivity contribution is 6.96. The van der Waals surface area contributed by atoms with Crippen LogP contribution >= 0.6 is 0 Å². The first-order valence-electron chi connectivity index (χ1n) is 11.7. The predicted molar refractivity (Wildman–Crippen MR) is 150 cm³/mol. The van der Waals surface area contributed by atoms with Crippen LogP contribution in [0.25, 0.3) is 0 Å². The van der Waals surface area contributed by atoms with Gasteiger partial charge in [-0.05, 0) is 0 Å². The van der Waals surface area contributed by atoms with Gasteiger partial charge in [-0.2, -0.15) is 0 Å². The summed E-state index contributed by atoms with van der Waals surface area (Å²) in [6.45, 7) is 13.4. The molecule has 0 spiro atoms. The molecule has 26 heteroatoms. The average molecular weight is 723 g/mol. The molecule has 0 aliphatic carbocycles. The largest absolute Gasteiger partial charge is 0.487 e. The van der Waals surface area contributed by atoms with Gasteiger partial charge in [-0.1, -0.05) is 0 Å². The smallest absolute Gasteiger partial charge is 0.391 e. The van der Waals surface area contributed by atoms with E-state index >= 15 is 0 Å². The maximum absolute atomic E-state index is 11.2. The molecule has 2 aliphatic rings. The van der Waals surface area contributed by atoms with E-state index in [1.165, 1.54) is 61.2 Å². The van der Waals surface area contributed by atoms with Crippen LogP contribution in [0.15, 0.2) is 0 Å². The quantitative estimate of drug-likeness (QED) is 0.226. The molecule has 39 heavy (non-hydrogen) atoms. The van der Waals surface area contributed by atoms with Crippen molar-refractivity contribution in [1.29, 1.82) is 0 Å². The summed E-state index contributed by atoms with van der Waals surface area (Å²) in [7, 11) is -28.6. The van der Waals surface area contributed by atoms with E-state index in [2.05, 4.69) is 0 Å². The summed E-state index contributed by atoms with van der Waals surface area (Å²) in [6.07, 6.45) is 0. The van der Waals surface area contributed by atoms with Gasteiger partial charge < -0.3 is 73.2 Å². The summed E-state index contributed by atoms with van der Waals surface area (Å²) in [5.41, 5.74) is 0. The summed E-state index contributed by atoms with van der Waals surface area (Å²) in [5.74, 6) is 0. The fourth-order valence-electron chi connectivity index (χ4n) is 3.96. The molecular weight excluding hydrogens is 681 g/mol. The molecule has 0 aromatic rings. The number of hydrogen-bond acceptors (Lipinski definition) is 17. The van der Waals surface area contributed by atoms with E-state index in [0.29, 0.717) is 0 Å². The van der Waals surface area contributed by atoms with Crippen LogP contribution in [0.1, 0.15) is 0 Å². The van der Waals surface area contributed by atoms with Gasteiger partial charge in [0.2, 0.25) is 0 Å². The van der Waals surface area contributed by atoms with E-state index in [9.17, 15) is 14.4 Å². The zero-order valence-corrected chi connectivity index (χ0v) is 33.6. The van der Waals surface area contributed by atoms with Crippen molar-refractivity contribution < 1.29 is 73.2 Å². The lowest BCUT2D eigenvalue weighted by Crippen LogP contribution is -2.79. The molecule has 17 nitrogen and oxygen atoms in total. The molecule has 0 aromatic heterocycles. The minimum Gasteiger partial charge on any atom is -0.391 e. The standard InChI is InChI=1S/C13H42O17Si9/c1-17-31(5,14)21-34(8,19-3)25-36(10)23-33(7,16)24-37(11)28-38(12,30-39(13,27-36)29-37)26-35(9,20-4)22-32(6,15)18-2/h14-16H,1-13H3. The molecule has 2 heterocycles. The Labute approximate surface area is 239 Å². The first-order valence-corrected chi connectivity index (χ1v) is 31.8. The molecule has 2 rings (SSSR count). The van der Waals surface area contributed by atoms with Gasteiger partial charge in [-0.15, -0.1) is 0 Å². The molecule has 232 valence electrons. The van der Waals surface area contributed by atoms with Gasteiger partial charge in [-0.3, -0.25) is 0 Å². The highest BCUT2D eigenvalue weighted by atomic mass is 28.6. The lowest BCUT2D eigenvalue weighted by Gasteiger charge is -2.53. The van der Waals surface area contributed by atoms with E-state index in [4.69, 9.17) is 58.9 Å². The molecule has 9 atom stereocenters. The van der Waals surface area contributed by atoms with Crippen LogP contribution < -0.4 is 0 Å². The zero-order valence-electron chi connectivity index (χ0n) is 24.6. The maximum atomic E-state index is 11.2. The summed E-state index contributed by atoms with van der Waals surface area (Å²) in [4.78, 5) is 32.2. The van der Waals surface area contributed by atoms with Crippen molar-refractivity contribution in [1.82, 2.24) is 0 Å². The Balaban J connectivity index is 2.48. The Morgan fingerprint density at radius 1 is 0.513 bits per heavy atom. The zero-order chi connectivity index (χ0) is 30.4. The second-order valence-electron chi connectivity index (χ2n) is 9.70. The fraction of sp³-hybridized carbons (Fsp3) is 1.00. The van der Waals surface area contributed by atoms with Gasteiger partial charge in [0.15, 0.2) is 0 Å². The Bertz CT molecular complexity index is 872. The van der Waals surface area contributed by atoms with E-state index in [-0.39, 0.29) is 0 Å². The van der Waals surface area contributed by atoms with Gasteiger partial charge in [-0.25, -0.2) is 0 Å². The minimum absolute atomic E-state index is 1.30. The van der Waals surface area contributed by atoms with Crippen LogP contribution in [0.5, 0.6) is 0 Å². The molecule has 0 amide bonds.